The van der Waals surface area contributed by atoms with E-state index in [2.05, 4.69) is 17.3 Å². The fourth-order valence-corrected chi connectivity index (χ4v) is 2.13. The molecule has 2 rings (SSSR count). The van der Waals surface area contributed by atoms with Gasteiger partial charge in [-0.15, -0.1) is 0 Å². The maximum absolute atomic E-state index is 12.0. The number of anilines is 1. The number of rotatable bonds is 5. The molecule has 112 valence electrons. The molecule has 0 aliphatic heterocycles. The minimum atomic E-state index is -0.184. The van der Waals surface area contributed by atoms with E-state index in [1.165, 1.54) is 5.56 Å². The molecule has 0 aliphatic carbocycles. The van der Waals surface area contributed by atoms with E-state index in [1.54, 1.807) is 4.68 Å². The van der Waals surface area contributed by atoms with E-state index in [0.29, 0.717) is 5.75 Å². The zero-order chi connectivity index (χ0) is 15.4. The molecule has 21 heavy (non-hydrogen) atoms. The molecule has 0 saturated heterocycles. The quantitative estimate of drug-likeness (QED) is 0.919. The SMILES string of the molecule is CCc1cccc(OCC(=O)Nc2c(C)nn(C)c2C)c1. The largest absolute Gasteiger partial charge is 0.484 e. The van der Waals surface area contributed by atoms with E-state index in [-0.39, 0.29) is 12.5 Å². The van der Waals surface area contributed by atoms with Crippen LogP contribution >= 0.6 is 0 Å². The normalized spacial score (nSPS) is 10.5. The second-order valence-corrected chi connectivity index (χ2v) is 5.01. The van der Waals surface area contributed by atoms with Crippen LogP contribution in [0.15, 0.2) is 24.3 Å². The van der Waals surface area contributed by atoms with Crippen molar-refractivity contribution in [2.24, 2.45) is 7.05 Å². The number of nitrogens with one attached hydrogen (secondary N) is 1. The first kappa shape index (κ1) is 15.1. The zero-order valence-corrected chi connectivity index (χ0v) is 12.9. The number of benzene rings is 1. The topological polar surface area (TPSA) is 56.1 Å². The van der Waals surface area contributed by atoms with Crippen LogP contribution in [0.3, 0.4) is 0 Å². The van der Waals surface area contributed by atoms with Crippen molar-refractivity contribution >= 4 is 11.6 Å². The lowest BCUT2D eigenvalue weighted by molar-refractivity contribution is -0.118. The highest BCUT2D eigenvalue weighted by atomic mass is 16.5. The third-order valence-electron chi connectivity index (χ3n) is 3.45. The molecule has 0 radical (unpaired) electrons. The maximum Gasteiger partial charge on any atom is 0.262 e. The molecule has 0 unspecified atom stereocenters. The van der Waals surface area contributed by atoms with Crippen molar-refractivity contribution in [2.75, 3.05) is 11.9 Å². The van der Waals surface area contributed by atoms with E-state index < -0.39 is 0 Å². The second kappa shape index (κ2) is 6.43. The Labute approximate surface area is 124 Å². The van der Waals surface area contributed by atoms with E-state index in [9.17, 15) is 4.79 Å². The molecule has 1 aromatic heterocycles. The highest BCUT2D eigenvalue weighted by Gasteiger charge is 2.12. The Kier molecular flexibility index (Phi) is 4.62. The van der Waals surface area contributed by atoms with Crippen LogP contribution in [0.2, 0.25) is 0 Å². The maximum atomic E-state index is 12.0. The Morgan fingerprint density at radius 3 is 2.76 bits per heavy atom. The number of nitrogens with zero attached hydrogens (tertiary/aromatic N) is 2. The van der Waals surface area contributed by atoms with Gasteiger partial charge in [0, 0.05) is 7.05 Å². The molecular formula is C16H21N3O2. The van der Waals surface area contributed by atoms with Gasteiger partial charge in [0.05, 0.1) is 17.1 Å². The summed E-state index contributed by atoms with van der Waals surface area (Å²) >= 11 is 0. The van der Waals surface area contributed by atoms with Gasteiger partial charge in [-0.3, -0.25) is 9.48 Å². The third-order valence-corrected chi connectivity index (χ3v) is 3.45. The van der Waals surface area contributed by atoms with Gasteiger partial charge in [-0.05, 0) is 38.0 Å². The molecule has 1 N–H and O–H groups in total. The van der Waals surface area contributed by atoms with Crippen molar-refractivity contribution in [3.63, 3.8) is 0 Å². The van der Waals surface area contributed by atoms with Crippen LogP contribution in [-0.4, -0.2) is 22.3 Å². The lowest BCUT2D eigenvalue weighted by Gasteiger charge is -2.08. The molecule has 1 amide bonds. The van der Waals surface area contributed by atoms with Crippen molar-refractivity contribution in [3.05, 3.63) is 41.2 Å². The summed E-state index contributed by atoms with van der Waals surface area (Å²) in [6, 6.07) is 7.78. The highest BCUT2D eigenvalue weighted by molar-refractivity contribution is 5.93. The van der Waals surface area contributed by atoms with Crippen LogP contribution in [-0.2, 0) is 18.3 Å². The van der Waals surface area contributed by atoms with Crippen LogP contribution in [0.1, 0.15) is 23.9 Å². The number of carbonyl (C=O) groups is 1. The monoisotopic (exact) mass is 287 g/mol. The molecule has 0 aliphatic rings. The van der Waals surface area contributed by atoms with E-state index >= 15 is 0 Å². The summed E-state index contributed by atoms with van der Waals surface area (Å²) in [5.41, 5.74) is 3.67. The van der Waals surface area contributed by atoms with Gasteiger partial charge in [0.2, 0.25) is 0 Å². The van der Waals surface area contributed by atoms with Gasteiger partial charge < -0.3 is 10.1 Å². The zero-order valence-electron chi connectivity index (χ0n) is 12.9. The highest BCUT2D eigenvalue weighted by Crippen LogP contribution is 2.18. The molecule has 0 spiro atoms. The van der Waals surface area contributed by atoms with Crippen molar-refractivity contribution in [1.82, 2.24) is 9.78 Å². The number of hydrogen-bond donors (Lipinski definition) is 1. The summed E-state index contributed by atoms with van der Waals surface area (Å²) < 4.78 is 7.28. The summed E-state index contributed by atoms with van der Waals surface area (Å²) in [6.45, 7) is 5.86. The van der Waals surface area contributed by atoms with Gasteiger partial charge >= 0.3 is 0 Å². The molecule has 0 fully saturated rings. The van der Waals surface area contributed by atoms with Gasteiger partial charge in [0.25, 0.3) is 5.91 Å². The van der Waals surface area contributed by atoms with E-state index in [1.807, 2.05) is 45.2 Å². The summed E-state index contributed by atoms with van der Waals surface area (Å²) in [6.07, 6.45) is 0.942. The van der Waals surface area contributed by atoms with Crippen LogP contribution in [0.4, 0.5) is 5.69 Å². The predicted octanol–water partition coefficient (Wildman–Crippen LogP) is 2.62. The average Bonchev–Trinajstić information content (AvgIpc) is 2.72. The number of amides is 1. The Morgan fingerprint density at radius 1 is 1.38 bits per heavy atom. The first-order chi connectivity index (χ1) is 10.0. The molecule has 2 aromatic rings. The third kappa shape index (κ3) is 3.62. The van der Waals surface area contributed by atoms with Gasteiger partial charge in [-0.25, -0.2) is 0 Å². The van der Waals surface area contributed by atoms with Crippen LogP contribution in [0, 0.1) is 13.8 Å². The minimum absolute atomic E-state index is 0.0130. The first-order valence-electron chi connectivity index (χ1n) is 7.03. The summed E-state index contributed by atoms with van der Waals surface area (Å²) in [7, 11) is 1.85. The molecule has 0 saturated carbocycles. The molecule has 5 heteroatoms. The molecule has 5 nitrogen and oxygen atoms in total. The van der Waals surface area contributed by atoms with Crippen LogP contribution < -0.4 is 10.1 Å². The van der Waals surface area contributed by atoms with Crippen molar-refractivity contribution < 1.29 is 9.53 Å². The van der Waals surface area contributed by atoms with Gasteiger partial charge in [-0.1, -0.05) is 19.1 Å². The number of hydrogen-bond acceptors (Lipinski definition) is 3. The van der Waals surface area contributed by atoms with E-state index in [0.717, 1.165) is 23.5 Å². The summed E-state index contributed by atoms with van der Waals surface area (Å²) in [5, 5.41) is 7.12. The Bertz CT molecular complexity index is 647. The number of aromatic nitrogens is 2. The van der Waals surface area contributed by atoms with Crippen LogP contribution in [0.25, 0.3) is 0 Å². The van der Waals surface area contributed by atoms with Crippen molar-refractivity contribution in [3.8, 4) is 5.75 Å². The molecule has 0 atom stereocenters. The molecular weight excluding hydrogens is 266 g/mol. The molecule has 0 bridgehead atoms. The fourth-order valence-electron chi connectivity index (χ4n) is 2.13. The Balaban J connectivity index is 1.96. The standard InChI is InChI=1S/C16H21N3O2/c1-5-13-7-6-8-14(9-13)21-10-15(20)17-16-11(2)18-19(4)12(16)3/h6-9H,5,10H2,1-4H3,(H,17,20). The lowest BCUT2D eigenvalue weighted by atomic mass is 10.2. The van der Waals surface area contributed by atoms with Crippen molar-refractivity contribution in [1.29, 1.82) is 0 Å². The minimum Gasteiger partial charge on any atom is -0.484 e. The summed E-state index contributed by atoms with van der Waals surface area (Å²) in [5.74, 6) is 0.528. The number of carbonyl (C=O) groups excluding carboxylic acids is 1. The van der Waals surface area contributed by atoms with Crippen LogP contribution in [0.5, 0.6) is 5.75 Å². The fraction of sp³-hybridized carbons (Fsp3) is 0.375. The van der Waals surface area contributed by atoms with Gasteiger partial charge in [0.15, 0.2) is 6.61 Å². The Hall–Kier alpha value is -2.30. The molecule has 1 aromatic carbocycles. The average molecular weight is 287 g/mol. The smallest absolute Gasteiger partial charge is 0.262 e. The predicted molar refractivity (Wildman–Crippen MR) is 82.6 cm³/mol. The lowest BCUT2D eigenvalue weighted by Crippen LogP contribution is -2.21. The second-order valence-electron chi connectivity index (χ2n) is 5.01. The number of aryl methyl sites for hydroxylation is 3. The van der Waals surface area contributed by atoms with E-state index in [4.69, 9.17) is 4.74 Å². The summed E-state index contributed by atoms with van der Waals surface area (Å²) in [4.78, 5) is 12.0. The Morgan fingerprint density at radius 2 is 2.14 bits per heavy atom. The number of ether oxygens (including phenoxy) is 1. The van der Waals surface area contributed by atoms with Crippen molar-refractivity contribution in [2.45, 2.75) is 27.2 Å². The van der Waals surface area contributed by atoms with Gasteiger partial charge in [0.1, 0.15) is 5.75 Å². The molecule has 1 heterocycles. The van der Waals surface area contributed by atoms with Gasteiger partial charge in [-0.2, -0.15) is 5.10 Å². The first-order valence-corrected chi connectivity index (χ1v) is 7.03.